The molecule has 0 unspecified atom stereocenters. The van der Waals surface area contributed by atoms with E-state index in [4.69, 9.17) is 5.73 Å². The molecule has 0 bridgehead atoms. The van der Waals surface area contributed by atoms with Gasteiger partial charge in [0, 0.05) is 8.41 Å². The number of rotatable bonds is 2. The van der Waals surface area contributed by atoms with Crippen LogP contribution in [0, 0.1) is 0 Å². The zero-order valence-electron chi connectivity index (χ0n) is 15.1. The Kier molecular flexibility index (Phi) is 13.7. The quantitative estimate of drug-likeness (QED) is 0.373. The first-order chi connectivity index (χ1) is 11.0. The topological polar surface area (TPSA) is 43.1 Å². The van der Waals surface area contributed by atoms with Crippen LogP contribution >= 0.6 is 0 Å². The fourth-order valence-electron chi connectivity index (χ4n) is 2.19. The van der Waals surface area contributed by atoms with Crippen LogP contribution in [0.4, 0.5) is 0 Å². The molecule has 1 amide bonds. The minimum atomic E-state index is -0.570. The van der Waals surface area contributed by atoms with E-state index in [1.807, 2.05) is 19.2 Å². The minimum Gasteiger partial charge on any atom is -1.00 e. The Labute approximate surface area is 184 Å². The summed E-state index contributed by atoms with van der Waals surface area (Å²) >= 11 is 0. The van der Waals surface area contributed by atoms with E-state index in [0.717, 1.165) is 5.17 Å². The second kappa shape index (κ2) is 13.1. The van der Waals surface area contributed by atoms with Gasteiger partial charge in [0.1, 0.15) is 0 Å². The van der Waals surface area contributed by atoms with Gasteiger partial charge in [0.15, 0.2) is 0 Å². The average molecular weight is 439 g/mol. The van der Waals surface area contributed by atoms with E-state index in [1.54, 1.807) is 6.92 Å². The van der Waals surface area contributed by atoms with Crippen LogP contribution in [0.5, 0.6) is 0 Å². The van der Waals surface area contributed by atoms with Gasteiger partial charge in [0.2, 0.25) is 5.91 Å². The standard InChI is InChI=1S/C15H11.C5H11NOSi.2ClH.Ti/c1-2-6-12(7-3-1)15-10-13-8-4-5-9-14(13)11-15;1-4(5(6)7)8(2)3;;;/h1-11H;1-3H3,(H2,6,7);2*1H;/q-1;;;;+3/p-2. The van der Waals surface area contributed by atoms with Gasteiger partial charge in [0.05, 0.1) is 0 Å². The van der Waals surface area contributed by atoms with Crippen LogP contribution in [0.25, 0.3) is 21.9 Å². The van der Waals surface area contributed by atoms with E-state index in [1.165, 1.54) is 21.9 Å². The second-order valence-electron chi connectivity index (χ2n) is 5.73. The summed E-state index contributed by atoms with van der Waals surface area (Å²) in [5.74, 6) is -0.246. The van der Waals surface area contributed by atoms with Crippen LogP contribution in [-0.2, 0) is 26.5 Å². The fourth-order valence-corrected chi connectivity index (χ4v) is 2.69. The third-order valence-electron chi connectivity index (χ3n) is 3.84. The molecule has 3 rings (SSSR count). The predicted molar refractivity (Wildman–Crippen MR) is 102 cm³/mol. The van der Waals surface area contributed by atoms with Crippen molar-refractivity contribution in [1.82, 2.24) is 0 Å². The van der Waals surface area contributed by atoms with Gasteiger partial charge in [0.25, 0.3) is 0 Å². The molecule has 2 N–H and O–H groups in total. The van der Waals surface area contributed by atoms with Crippen LogP contribution in [0.3, 0.4) is 0 Å². The third-order valence-corrected chi connectivity index (χ3v) is 5.59. The number of benzene rings is 2. The summed E-state index contributed by atoms with van der Waals surface area (Å²) in [5, 5.41) is 3.47. The molecule has 0 aliphatic rings. The van der Waals surface area contributed by atoms with Crippen LogP contribution < -0.4 is 30.5 Å². The van der Waals surface area contributed by atoms with E-state index in [-0.39, 0.29) is 52.4 Å². The first kappa shape index (κ1) is 27.1. The van der Waals surface area contributed by atoms with E-state index >= 15 is 0 Å². The predicted octanol–water partition coefficient (Wildman–Crippen LogP) is -1.77. The van der Waals surface area contributed by atoms with Gasteiger partial charge in [-0.05, 0) is 12.1 Å². The SMILES string of the molecule is CC(C(N)=O)=[Si](C)C.[Cl-].[Cl-].[Ti+3].c1ccc(-c2cc3ccccc3[cH-]2)cc1. The van der Waals surface area contributed by atoms with Gasteiger partial charge in [-0.2, -0.15) is 0 Å². The minimum absolute atomic E-state index is 0. The molecule has 3 aromatic rings. The van der Waals surface area contributed by atoms with Crippen molar-refractivity contribution < 1.29 is 51.3 Å². The Morgan fingerprint density at radius 1 is 0.962 bits per heavy atom. The molecular weight excluding hydrogens is 417 g/mol. The van der Waals surface area contributed by atoms with Gasteiger partial charge in [-0.3, -0.25) is 4.79 Å². The van der Waals surface area contributed by atoms with Gasteiger partial charge < -0.3 is 30.5 Å². The molecule has 0 saturated carbocycles. The Morgan fingerprint density at radius 2 is 1.50 bits per heavy atom. The van der Waals surface area contributed by atoms with E-state index in [9.17, 15) is 4.79 Å². The Bertz CT molecular complexity index is 810. The first-order valence-corrected chi connectivity index (χ1v) is 10.1. The molecule has 0 fully saturated rings. The summed E-state index contributed by atoms with van der Waals surface area (Å²) in [6.07, 6.45) is 0. The zero-order chi connectivity index (χ0) is 16.8. The maximum atomic E-state index is 10.4. The number of nitrogens with two attached hydrogens (primary N) is 1. The van der Waals surface area contributed by atoms with Crippen molar-refractivity contribution in [3.05, 3.63) is 66.7 Å². The molecule has 1 radical (unpaired) electrons. The number of hydrogen-bond acceptors (Lipinski definition) is 1. The summed E-state index contributed by atoms with van der Waals surface area (Å²) in [5.41, 5.74) is 7.57. The molecule has 0 aliphatic carbocycles. The number of carbonyl (C=O) groups is 1. The summed E-state index contributed by atoms with van der Waals surface area (Å²) in [7, 11) is -0.570. The maximum absolute atomic E-state index is 10.4. The fraction of sp³-hybridized carbons (Fsp3) is 0.150. The van der Waals surface area contributed by atoms with E-state index in [0.29, 0.717) is 0 Å². The molecule has 3 aromatic carbocycles. The number of fused-ring (bicyclic) bond motifs is 1. The molecule has 0 aromatic heterocycles. The largest absolute Gasteiger partial charge is 3.00 e. The number of halogens is 2. The molecule has 6 heteroatoms. The summed E-state index contributed by atoms with van der Waals surface area (Å²) in [6.45, 7) is 5.89. The van der Waals surface area contributed by atoms with Gasteiger partial charge in [-0.25, -0.2) is 0 Å². The number of hydrogen-bond donors (Lipinski definition) is 1. The van der Waals surface area contributed by atoms with Gasteiger partial charge in [-0.1, -0.05) is 67.2 Å². The average Bonchev–Trinajstić information content (AvgIpc) is 2.99. The number of carbonyl (C=O) groups excluding carboxylic acids is 1. The molecule has 0 heterocycles. The number of primary amides is 1. The molecular formula is C20H22Cl2NOSiTi. The van der Waals surface area contributed by atoms with Crippen LogP contribution in [0.1, 0.15) is 6.92 Å². The molecule has 0 atom stereocenters. The Balaban J connectivity index is 0. The van der Waals surface area contributed by atoms with Crippen molar-refractivity contribution in [3.8, 4) is 11.1 Å². The second-order valence-corrected chi connectivity index (χ2v) is 8.48. The monoisotopic (exact) mass is 438 g/mol. The third kappa shape index (κ3) is 7.65. The summed E-state index contributed by atoms with van der Waals surface area (Å²) < 4.78 is 0. The molecule has 0 aliphatic heterocycles. The molecule has 26 heavy (non-hydrogen) atoms. The maximum Gasteiger partial charge on any atom is 3.00 e. The molecule has 2 nitrogen and oxygen atoms in total. The van der Waals surface area contributed by atoms with Crippen molar-refractivity contribution in [2.45, 2.75) is 20.0 Å². The number of amides is 1. The normalized spacial score (nSPS) is 8.73. The van der Waals surface area contributed by atoms with Crippen LogP contribution in [-0.4, -0.2) is 19.5 Å². The smallest absolute Gasteiger partial charge is 1.00 e. The molecule has 135 valence electrons. The van der Waals surface area contributed by atoms with Crippen molar-refractivity contribution in [1.29, 1.82) is 0 Å². The first-order valence-electron chi connectivity index (χ1n) is 7.64. The van der Waals surface area contributed by atoms with E-state index in [2.05, 4.69) is 60.7 Å². The van der Waals surface area contributed by atoms with Gasteiger partial charge in [-0.15, -0.1) is 34.5 Å². The Morgan fingerprint density at radius 3 is 1.96 bits per heavy atom. The molecule has 0 spiro atoms. The Hall–Kier alpha value is -1.10. The summed E-state index contributed by atoms with van der Waals surface area (Å²) in [6, 6.07) is 23.4. The van der Waals surface area contributed by atoms with E-state index < -0.39 is 8.41 Å². The van der Waals surface area contributed by atoms with Gasteiger partial charge >= 0.3 is 21.7 Å². The van der Waals surface area contributed by atoms with Crippen molar-refractivity contribution in [2.75, 3.05) is 0 Å². The summed E-state index contributed by atoms with van der Waals surface area (Å²) in [4.78, 5) is 10.4. The molecule has 0 saturated heterocycles. The zero-order valence-corrected chi connectivity index (χ0v) is 19.2. The van der Waals surface area contributed by atoms with Crippen LogP contribution in [0.2, 0.25) is 13.1 Å². The van der Waals surface area contributed by atoms with Crippen molar-refractivity contribution in [2.24, 2.45) is 5.73 Å². The van der Waals surface area contributed by atoms with Crippen molar-refractivity contribution >= 4 is 30.3 Å². The van der Waals surface area contributed by atoms with Crippen molar-refractivity contribution in [3.63, 3.8) is 0 Å². The van der Waals surface area contributed by atoms with Crippen LogP contribution in [0.15, 0.2) is 66.7 Å².